The molecule has 1 saturated heterocycles. The normalized spacial score (nSPS) is 21.3. The third kappa shape index (κ3) is 4.19. The van der Waals surface area contributed by atoms with Crippen molar-refractivity contribution in [3.8, 4) is 0 Å². The van der Waals surface area contributed by atoms with Gasteiger partial charge >= 0.3 is 0 Å². The summed E-state index contributed by atoms with van der Waals surface area (Å²) in [4.78, 5) is 14.5. The number of amides is 1. The molecule has 1 heterocycles. The molecule has 0 aliphatic carbocycles. The van der Waals surface area contributed by atoms with E-state index in [0.717, 1.165) is 29.4 Å². The van der Waals surface area contributed by atoms with Gasteiger partial charge < -0.3 is 15.4 Å². The number of carbonyl (C=O) groups is 1. The molecule has 2 N–H and O–H groups in total. The number of nitrogens with zero attached hydrogens (tertiary/aromatic N) is 1. The van der Waals surface area contributed by atoms with Gasteiger partial charge in [0, 0.05) is 24.7 Å². The van der Waals surface area contributed by atoms with E-state index in [-0.39, 0.29) is 24.4 Å². The van der Waals surface area contributed by atoms with Crippen LogP contribution in [0.5, 0.6) is 0 Å². The van der Waals surface area contributed by atoms with Crippen molar-refractivity contribution < 1.29 is 9.53 Å². The number of hydrogen-bond acceptors (Lipinski definition) is 3. The zero-order valence-electron chi connectivity index (χ0n) is 12.3. The lowest BCUT2D eigenvalue weighted by Gasteiger charge is -2.37. The molecule has 1 aliphatic heterocycles. The number of hydrogen-bond donors (Lipinski definition) is 1. The summed E-state index contributed by atoms with van der Waals surface area (Å²) < 4.78 is 6.34. The molecule has 1 fully saturated rings. The monoisotopic (exact) mass is 376 g/mol. The highest BCUT2D eigenvalue weighted by atomic mass is 79.9. The highest BCUT2D eigenvalue weighted by Crippen LogP contribution is 2.24. The van der Waals surface area contributed by atoms with Crippen molar-refractivity contribution in [1.82, 2.24) is 4.90 Å². The number of methoxy groups -OCH3 is 1. The number of piperidine rings is 1. The van der Waals surface area contributed by atoms with Crippen LogP contribution in [0.3, 0.4) is 0 Å². The third-order valence-corrected chi connectivity index (χ3v) is 4.42. The predicted octanol–water partition coefficient (Wildman–Crippen LogP) is 2.68. The highest BCUT2D eigenvalue weighted by Gasteiger charge is 2.36. The van der Waals surface area contributed by atoms with Crippen LogP contribution >= 0.6 is 28.3 Å². The maximum atomic E-state index is 12.7. The van der Waals surface area contributed by atoms with E-state index in [1.54, 1.807) is 14.0 Å². The smallest absolute Gasteiger partial charge is 0.247 e. The van der Waals surface area contributed by atoms with Gasteiger partial charge in [-0.05, 0) is 37.5 Å². The van der Waals surface area contributed by atoms with E-state index in [0.29, 0.717) is 6.54 Å². The van der Waals surface area contributed by atoms with Gasteiger partial charge in [0.2, 0.25) is 5.91 Å². The summed E-state index contributed by atoms with van der Waals surface area (Å²) in [6.45, 7) is 3.15. The first-order valence-corrected chi connectivity index (χ1v) is 7.61. The van der Waals surface area contributed by atoms with E-state index in [9.17, 15) is 4.79 Å². The quantitative estimate of drug-likeness (QED) is 0.881. The molecule has 21 heavy (non-hydrogen) atoms. The molecule has 1 aromatic carbocycles. The van der Waals surface area contributed by atoms with E-state index in [1.807, 2.05) is 29.2 Å². The van der Waals surface area contributed by atoms with E-state index < -0.39 is 5.54 Å². The molecule has 1 amide bonds. The second-order valence-corrected chi connectivity index (χ2v) is 6.38. The van der Waals surface area contributed by atoms with Crippen molar-refractivity contribution in [2.24, 2.45) is 5.73 Å². The second-order valence-electron chi connectivity index (χ2n) is 5.46. The van der Waals surface area contributed by atoms with E-state index in [4.69, 9.17) is 10.5 Å². The van der Waals surface area contributed by atoms with Crippen LogP contribution in [0, 0.1) is 0 Å². The van der Waals surface area contributed by atoms with Gasteiger partial charge in [0.05, 0.1) is 6.10 Å². The van der Waals surface area contributed by atoms with E-state index in [2.05, 4.69) is 15.9 Å². The number of rotatable bonds is 3. The molecular weight excluding hydrogens is 356 g/mol. The number of nitrogens with two attached hydrogens (primary N) is 1. The average molecular weight is 378 g/mol. The van der Waals surface area contributed by atoms with Crippen LogP contribution in [-0.2, 0) is 15.1 Å². The Labute approximate surface area is 140 Å². The fourth-order valence-corrected chi connectivity index (χ4v) is 2.83. The van der Waals surface area contributed by atoms with Gasteiger partial charge in [-0.3, -0.25) is 4.79 Å². The van der Waals surface area contributed by atoms with Crippen molar-refractivity contribution in [2.75, 3.05) is 20.2 Å². The molecule has 0 spiro atoms. The molecule has 2 unspecified atom stereocenters. The van der Waals surface area contributed by atoms with Gasteiger partial charge in [0.15, 0.2) is 0 Å². The van der Waals surface area contributed by atoms with Crippen molar-refractivity contribution >= 4 is 34.2 Å². The van der Waals surface area contributed by atoms with Crippen LogP contribution in [0.1, 0.15) is 25.3 Å². The Hall–Kier alpha value is -0.620. The summed E-state index contributed by atoms with van der Waals surface area (Å²) in [5.74, 6) is -0.0402. The molecule has 6 heteroatoms. The Bertz CT molecular complexity index is 479. The predicted molar refractivity (Wildman–Crippen MR) is 89.5 cm³/mol. The molecular formula is C15H22BrClN2O2. The molecule has 1 aliphatic rings. The van der Waals surface area contributed by atoms with Gasteiger partial charge in [-0.2, -0.15) is 0 Å². The topological polar surface area (TPSA) is 55.6 Å². The molecule has 2 rings (SSSR count). The molecule has 1 aromatic rings. The Morgan fingerprint density at radius 2 is 2.05 bits per heavy atom. The number of benzene rings is 1. The van der Waals surface area contributed by atoms with Gasteiger partial charge in [0.1, 0.15) is 5.54 Å². The first kappa shape index (κ1) is 18.4. The summed E-state index contributed by atoms with van der Waals surface area (Å²) in [6, 6.07) is 7.59. The Morgan fingerprint density at radius 1 is 1.43 bits per heavy atom. The van der Waals surface area contributed by atoms with Crippen molar-refractivity contribution in [2.45, 2.75) is 31.4 Å². The number of carbonyl (C=O) groups excluding carboxylic acids is 1. The second kappa shape index (κ2) is 7.58. The van der Waals surface area contributed by atoms with Gasteiger partial charge in [0.25, 0.3) is 0 Å². The number of likely N-dealkylation sites (tertiary alicyclic amines) is 1. The summed E-state index contributed by atoms with van der Waals surface area (Å²) in [6.07, 6.45) is 2.08. The van der Waals surface area contributed by atoms with Crippen LogP contribution in [0.25, 0.3) is 0 Å². The fraction of sp³-hybridized carbons (Fsp3) is 0.533. The molecule has 2 atom stereocenters. The number of halogens is 2. The first-order chi connectivity index (χ1) is 9.45. The molecule has 0 saturated carbocycles. The largest absolute Gasteiger partial charge is 0.380 e. The molecule has 0 bridgehead atoms. The van der Waals surface area contributed by atoms with Crippen molar-refractivity contribution in [3.63, 3.8) is 0 Å². The van der Waals surface area contributed by atoms with E-state index >= 15 is 0 Å². The SMILES string of the molecule is COC1CCCN(C(=O)C(C)(N)c2ccc(Br)cc2)C1.Cl. The van der Waals surface area contributed by atoms with Gasteiger partial charge in [-0.25, -0.2) is 0 Å². The van der Waals surface area contributed by atoms with Crippen molar-refractivity contribution in [3.05, 3.63) is 34.3 Å². The summed E-state index contributed by atoms with van der Waals surface area (Å²) in [5.41, 5.74) is 6.12. The lowest BCUT2D eigenvalue weighted by atomic mass is 9.90. The van der Waals surface area contributed by atoms with Crippen LogP contribution in [0.4, 0.5) is 0 Å². The summed E-state index contributed by atoms with van der Waals surface area (Å²) >= 11 is 3.39. The summed E-state index contributed by atoms with van der Waals surface area (Å²) in [7, 11) is 1.69. The standard InChI is InChI=1S/C15H21BrN2O2.ClH/c1-15(17,11-5-7-12(16)8-6-11)14(19)18-9-3-4-13(10-18)20-2;/h5-8,13H,3-4,9-10,17H2,1-2H3;1H. The minimum Gasteiger partial charge on any atom is -0.380 e. The van der Waals surface area contributed by atoms with E-state index in [1.165, 1.54) is 0 Å². The van der Waals surface area contributed by atoms with Crippen LogP contribution in [-0.4, -0.2) is 37.1 Å². The molecule has 118 valence electrons. The average Bonchev–Trinajstić information content (AvgIpc) is 2.47. The highest BCUT2D eigenvalue weighted by molar-refractivity contribution is 9.10. The maximum absolute atomic E-state index is 12.7. The zero-order chi connectivity index (χ0) is 14.8. The van der Waals surface area contributed by atoms with Gasteiger partial charge in [-0.15, -0.1) is 12.4 Å². The Balaban J connectivity index is 0.00000220. The fourth-order valence-electron chi connectivity index (χ4n) is 2.56. The Morgan fingerprint density at radius 3 is 2.62 bits per heavy atom. The lowest BCUT2D eigenvalue weighted by Crippen LogP contribution is -2.54. The number of ether oxygens (including phenoxy) is 1. The van der Waals surface area contributed by atoms with Crippen LogP contribution in [0.15, 0.2) is 28.7 Å². The lowest BCUT2D eigenvalue weighted by molar-refractivity contribution is -0.140. The molecule has 0 radical (unpaired) electrons. The Kier molecular flexibility index (Phi) is 6.66. The van der Waals surface area contributed by atoms with Gasteiger partial charge in [-0.1, -0.05) is 28.1 Å². The van der Waals surface area contributed by atoms with Crippen molar-refractivity contribution in [1.29, 1.82) is 0 Å². The molecule has 4 nitrogen and oxygen atoms in total. The maximum Gasteiger partial charge on any atom is 0.247 e. The minimum absolute atomic E-state index is 0. The first-order valence-electron chi connectivity index (χ1n) is 6.82. The third-order valence-electron chi connectivity index (χ3n) is 3.89. The van der Waals surface area contributed by atoms with Crippen LogP contribution < -0.4 is 5.73 Å². The molecule has 0 aromatic heterocycles. The van der Waals surface area contributed by atoms with Crippen LogP contribution in [0.2, 0.25) is 0 Å². The zero-order valence-corrected chi connectivity index (χ0v) is 14.7. The summed E-state index contributed by atoms with van der Waals surface area (Å²) in [5, 5.41) is 0. The minimum atomic E-state index is -1.00.